The van der Waals surface area contributed by atoms with Gasteiger partial charge in [0.15, 0.2) is 0 Å². The van der Waals surface area contributed by atoms with E-state index < -0.39 is 12.2 Å². The van der Waals surface area contributed by atoms with Crippen LogP contribution in [-0.2, 0) is 11.2 Å². The summed E-state index contributed by atoms with van der Waals surface area (Å²) >= 11 is 0. The molecule has 0 aliphatic heterocycles. The Morgan fingerprint density at radius 2 is 1.91 bits per heavy atom. The molecule has 0 heterocycles. The van der Waals surface area contributed by atoms with E-state index in [0.29, 0.717) is 19.4 Å². The minimum Gasteiger partial charge on any atom is -0.435 e. The van der Waals surface area contributed by atoms with Crippen LogP contribution in [0.5, 0.6) is 5.75 Å². The Morgan fingerprint density at radius 1 is 1.32 bits per heavy atom. The van der Waals surface area contributed by atoms with E-state index in [1.165, 1.54) is 12.1 Å². The van der Waals surface area contributed by atoms with Crippen LogP contribution in [-0.4, -0.2) is 24.6 Å². The van der Waals surface area contributed by atoms with Crippen molar-refractivity contribution < 1.29 is 18.3 Å². The summed E-state index contributed by atoms with van der Waals surface area (Å²) < 4.78 is 28.4. The predicted molar refractivity (Wildman–Crippen MR) is 81.8 cm³/mol. The van der Waals surface area contributed by atoms with Crippen LogP contribution >= 0.6 is 0 Å². The van der Waals surface area contributed by atoms with Crippen molar-refractivity contribution in [3.8, 4) is 5.75 Å². The van der Waals surface area contributed by atoms with Gasteiger partial charge < -0.3 is 15.8 Å². The SMILES string of the molecule is CC(C)C(C)(CN)NC(=O)CCc1ccc(OC(F)F)cc1. The van der Waals surface area contributed by atoms with Gasteiger partial charge >= 0.3 is 6.61 Å². The van der Waals surface area contributed by atoms with E-state index >= 15 is 0 Å². The Hall–Kier alpha value is -1.69. The molecule has 1 amide bonds. The molecule has 1 rings (SSSR count). The van der Waals surface area contributed by atoms with Crippen LogP contribution in [0.3, 0.4) is 0 Å². The standard InChI is InChI=1S/C16H24F2N2O2/c1-11(2)16(3,10-19)20-14(21)9-6-12-4-7-13(8-5-12)22-15(17)18/h4-5,7-8,11,15H,6,9-10,19H2,1-3H3,(H,20,21). The highest BCUT2D eigenvalue weighted by Crippen LogP contribution is 2.17. The largest absolute Gasteiger partial charge is 0.435 e. The molecule has 4 nitrogen and oxygen atoms in total. The Labute approximate surface area is 130 Å². The quantitative estimate of drug-likeness (QED) is 0.775. The maximum absolute atomic E-state index is 12.0. The zero-order valence-corrected chi connectivity index (χ0v) is 13.2. The van der Waals surface area contributed by atoms with Gasteiger partial charge in [-0.2, -0.15) is 8.78 Å². The number of ether oxygens (including phenoxy) is 1. The van der Waals surface area contributed by atoms with Gasteiger partial charge in [0.1, 0.15) is 5.75 Å². The Kier molecular flexibility index (Phi) is 6.74. The monoisotopic (exact) mass is 314 g/mol. The smallest absolute Gasteiger partial charge is 0.387 e. The first-order valence-corrected chi connectivity index (χ1v) is 7.31. The third kappa shape index (κ3) is 5.60. The van der Waals surface area contributed by atoms with Crippen LogP contribution in [0, 0.1) is 5.92 Å². The van der Waals surface area contributed by atoms with Gasteiger partial charge in [0, 0.05) is 13.0 Å². The summed E-state index contributed by atoms with van der Waals surface area (Å²) in [5, 5.41) is 2.96. The van der Waals surface area contributed by atoms with Crippen LogP contribution in [0.4, 0.5) is 8.78 Å². The summed E-state index contributed by atoms with van der Waals surface area (Å²) in [6.45, 7) is 3.48. The van der Waals surface area contributed by atoms with Crippen molar-refractivity contribution in [1.82, 2.24) is 5.32 Å². The second-order valence-electron chi connectivity index (χ2n) is 5.85. The fourth-order valence-corrected chi connectivity index (χ4v) is 1.91. The molecule has 0 aromatic heterocycles. The number of alkyl halides is 2. The van der Waals surface area contributed by atoms with E-state index in [4.69, 9.17) is 5.73 Å². The summed E-state index contributed by atoms with van der Waals surface area (Å²) in [6.07, 6.45) is 0.844. The summed E-state index contributed by atoms with van der Waals surface area (Å²) in [7, 11) is 0. The van der Waals surface area contributed by atoms with Gasteiger partial charge in [-0.15, -0.1) is 0 Å². The van der Waals surface area contributed by atoms with E-state index in [9.17, 15) is 13.6 Å². The number of carbonyl (C=O) groups is 1. The number of hydrogen-bond acceptors (Lipinski definition) is 3. The molecule has 0 aliphatic carbocycles. The van der Waals surface area contributed by atoms with Crippen molar-refractivity contribution >= 4 is 5.91 Å². The molecule has 124 valence electrons. The average Bonchev–Trinajstić information content (AvgIpc) is 2.45. The third-order valence-corrected chi connectivity index (χ3v) is 3.91. The van der Waals surface area contributed by atoms with Gasteiger partial charge in [-0.25, -0.2) is 0 Å². The molecule has 6 heteroatoms. The molecule has 3 N–H and O–H groups in total. The average molecular weight is 314 g/mol. The number of nitrogens with two attached hydrogens (primary N) is 1. The van der Waals surface area contributed by atoms with Crippen LogP contribution in [0.25, 0.3) is 0 Å². The molecule has 0 fully saturated rings. The lowest BCUT2D eigenvalue weighted by atomic mass is 9.88. The lowest BCUT2D eigenvalue weighted by Gasteiger charge is -2.33. The Bertz CT molecular complexity index is 478. The first-order valence-electron chi connectivity index (χ1n) is 7.31. The number of amides is 1. The number of nitrogens with one attached hydrogen (secondary N) is 1. The maximum atomic E-state index is 12.0. The Morgan fingerprint density at radius 3 is 2.36 bits per heavy atom. The Balaban J connectivity index is 2.50. The van der Waals surface area contributed by atoms with Crippen molar-refractivity contribution in [1.29, 1.82) is 0 Å². The fourth-order valence-electron chi connectivity index (χ4n) is 1.91. The highest BCUT2D eigenvalue weighted by atomic mass is 19.3. The highest BCUT2D eigenvalue weighted by molar-refractivity contribution is 5.77. The summed E-state index contributed by atoms with van der Waals surface area (Å²) in [4.78, 5) is 12.0. The lowest BCUT2D eigenvalue weighted by molar-refractivity contribution is -0.123. The first-order chi connectivity index (χ1) is 10.3. The first kappa shape index (κ1) is 18.4. The predicted octanol–water partition coefficient (Wildman–Crippen LogP) is 2.71. The molecule has 0 aliphatic rings. The molecule has 1 atom stereocenters. The molecule has 0 radical (unpaired) electrons. The summed E-state index contributed by atoms with van der Waals surface area (Å²) in [6, 6.07) is 6.29. The number of aryl methyl sites for hydroxylation is 1. The highest BCUT2D eigenvalue weighted by Gasteiger charge is 2.28. The van der Waals surface area contributed by atoms with E-state index in [1.807, 2.05) is 20.8 Å². The van der Waals surface area contributed by atoms with Crippen LogP contribution < -0.4 is 15.8 Å². The summed E-state index contributed by atoms with van der Waals surface area (Å²) in [5.74, 6) is 0.264. The maximum Gasteiger partial charge on any atom is 0.387 e. The molecule has 1 aromatic rings. The molecule has 1 unspecified atom stereocenters. The number of benzene rings is 1. The van der Waals surface area contributed by atoms with Crippen molar-refractivity contribution in [2.75, 3.05) is 6.54 Å². The minimum absolute atomic E-state index is 0.0745. The van der Waals surface area contributed by atoms with Gasteiger partial charge in [0.25, 0.3) is 0 Å². The van der Waals surface area contributed by atoms with Crippen LogP contribution in [0.2, 0.25) is 0 Å². The fraction of sp³-hybridized carbons (Fsp3) is 0.562. The van der Waals surface area contributed by atoms with Crippen molar-refractivity contribution in [2.45, 2.75) is 45.8 Å². The third-order valence-electron chi connectivity index (χ3n) is 3.91. The van der Waals surface area contributed by atoms with Crippen molar-refractivity contribution in [3.05, 3.63) is 29.8 Å². The molecule has 0 saturated heterocycles. The van der Waals surface area contributed by atoms with Crippen LogP contribution in [0.15, 0.2) is 24.3 Å². The number of hydrogen-bond donors (Lipinski definition) is 2. The molecular formula is C16H24F2N2O2. The topological polar surface area (TPSA) is 64.3 Å². The minimum atomic E-state index is -2.83. The van der Waals surface area contributed by atoms with E-state index in [-0.39, 0.29) is 17.6 Å². The van der Waals surface area contributed by atoms with Gasteiger partial charge in [0.2, 0.25) is 5.91 Å². The number of carbonyl (C=O) groups excluding carboxylic acids is 1. The zero-order valence-electron chi connectivity index (χ0n) is 13.2. The van der Waals surface area contributed by atoms with Gasteiger partial charge in [-0.1, -0.05) is 26.0 Å². The van der Waals surface area contributed by atoms with E-state index in [1.54, 1.807) is 12.1 Å². The van der Waals surface area contributed by atoms with Crippen molar-refractivity contribution in [3.63, 3.8) is 0 Å². The van der Waals surface area contributed by atoms with Crippen LogP contribution in [0.1, 0.15) is 32.8 Å². The number of rotatable bonds is 8. The molecule has 1 aromatic carbocycles. The lowest BCUT2D eigenvalue weighted by Crippen LogP contribution is -2.55. The molecule has 0 bridgehead atoms. The van der Waals surface area contributed by atoms with E-state index in [0.717, 1.165) is 5.56 Å². The van der Waals surface area contributed by atoms with Gasteiger partial charge in [0.05, 0.1) is 5.54 Å². The second-order valence-corrected chi connectivity index (χ2v) is 5.85. The summed E-state index contributed by atoms with van der Waals surface area (Å²) in [5.41, 5.74) is 6.19. The number of halogens is 2. The van der Waals surface area contributed by atoms with Gasteiger partial charge in [-0.05, 0) is 37.0 Å². The second kappa shape index (κ2) is 8.08. The molecule has 0 saturated carbocycles. The zero-order chi connectivity index (χ0) is 16.8. The normalized spacial score (nSPS) is 14.0. The molecular weight excluding hydrogens is 290 g/mol. The van der Waals surface area contributed by atoms with E-state index in [2.05, 4.69) is 10.1 Å². The molecule has 22 heavy (non-hydrogen) atoms. The van der Waals surface area contributed by atoms with Crippen molar-refractivity contribution in [2.24, 2.45) is 11.7 Å². The van der Waals surface area contributed by atoms with Gasteiger partial charge in [-0.3, -0.25) is 4.79 Å². The molecule has 0 spiro atoms.